The molecule has 5 heteroatoms. The van der Waals surface area contributed by atoms with Gasteiger partial charge in [-0.1, -0.05) is 6.92 Å². The highest BCUT2D eigenvalue weighted by Gasteiger charge is 2.28. The highest BCUT2D eigenvalue weighted by Crippen LogP contribution is 2.07. The van der Waals surface area contributed by atoms with E-state index >= 15 is 0 Å². The van der Waals surface area contributed by atoms with Gasteiger partial charge < -0.3 is 20.8 Å². The van der Waals surface area contributed by atoms with Crippen molar-refractivity contribution in [3.8, 4) is 0 Å². The lowest BCUT2D eigenvalue weighted by molar-refractivity contribution is -0.123. The molecule has 0 aromatic carbocycles. The van der Waals surface area contributed by atoms with Gasteiger partial charge in [0, 0.05) is 5.54 Å². The van der Waals surface area contributed by atoms with Gasteiger partial charge in [-0.05, 0) is 27.2 Å². The van der Waals surface area contributed by atoms with Crippen LogP contribution < -0.4 is 10.6 Å². The Labute approximate surface area is 97.2 Å². The van der Waals surface area contributed by atoms with E-state index in [9.17, 15) is 4.79 Å². The van der Waals surface area contributed by atoms with E-state index in [0.717, 1.165) is 0 Å². The number of carbonyl (C=O) groups is 1. The predicted octanol–water partition coefficient (Wildman–Crippen LogP) is -0.376. The lowest BCUT2D eigenvalue weighted by Crippen LogP contribution is -2.56. The third-order valence-electron chi connectivity index (χ3n) is 2.47. The minimum Gasteiger partial charge on any atom is -0.394 e. The van der Waals surface area contributed by atoms with Crippen LogP contribution in [-0.2, 0) is 4.79 Å². The normalized spacial score (nSPS) is 12.6. The maximum atomic E-state index is 11.6. The molecule has 0 aliphatic heterocycles. The van der Waals surface area contributed by atoms with Gasteiger partial charge in [0.05, 0.1) is 25.3 Å². The molecule has 1 amide bonds. The topological polar surface area (TPSA) is 81.6 Å². The zero-order valence-electron chi connectivity index (χ0n) is 10.6. The molecule has 0 radical (unpaired) electrons. The van der Waals surface area contributed by atoms with Crippen LogP contribution >= 0.6 is 0 Å². The summed E-state index contributed by atoms with van der Waals surface area (Å²) >= 11 is 0. The van der Waals surface area contributed by atoms with Crippen molar-refractivity contribution in [1.29, 1.82) is 0 Å². The molecule has 0 aromatic rings. The first-order valence-electron chi connectivity index (χ1n) is 5.56. The van der Waals surface area contributed by atoms with E-state index in [1.807, 2.05) is 27.7 Å². The summed E-state index contributed by atoms with van der Waals surface area (Å²) in [5.41, 5.74) is -1.04. The van der Waals surface area contributed by atoms with E-state index in [0.29, 0.717) is 6.42 Å². The second-order valence-corrected chi connectivity index (χ2v) is 5.10. The van der Waals surface area contributed by atoms with Crippen LogP contribution in [0, 0.1) is 0 Å². The molecule has 0 atom stereocenters. The van der Waals surface area contributed by atoms with Gasteiger partial charge in [-0.3, -0.25) is 4.79 Å². The monoisotopic (exact) mass is 232 g/mol. The number of amides is 1. The number of aliphatic hydroxyl groups is 2. The van der Waals surface area contributed by atoms with Gasteiger partial charge in [-0.2, -0.15) is 0 Å². The second kappa shape index (κ2) is 6.18. The maximum absolute atomic E-state index is 11.6. The van der Waals surface area contributed by atoms with Crippen LogP contribution in [0.3, 0.4) is 0 Å². The van der Waals surface area contributed by atoms with Crippen LogP contribution in [0.4, 0.5) is 0 Å². The summed E-state index contributed by atoms with van der Waals surface area (Å²) in [4.78, 5) is 11.6. The highest BCUT2D eigenvalue weighted by atomic mass is 16.3. The number of carbonyl (C=O) groups excluding carboxylic acids is 1. The molecular formula is C11H24N2O3. The Balaban J connectivity index is 4.21. The Kier molecular flexibility index (Phi) is 5.92. The zero-order chi connectivity index (χ0) is 12.8. The molecule has 4 N–H and O–H groups in total. The molecular weight excluding hydrogens is 208 g/mol. The third kappa shape index (κ3) is 5.44. The van der Waals surface area contributed by atoms with Crippen molar-refractivity contribution in [1.82, 2.24) is 10.6 Å². The number of rotatable bonds is 6. The van der Waals surface area contributed by atoms with Gasteiger partial charge >= 0.3 is 0 Å². The quantitative estimate of drug-likeness (QED) is 0.503. The molecule has 0 aliphatic rings. The van der Waals surface area contributed by atoms with Gasteiger partial charge in [-0.25, -0.2) is 0 Å². The van der Waals surface area contributed by atoms with Gasteiger partial charge in [0.2, 0.25) is 5.91 Å². The molecule has 0 saturated heterocycles. The van der Waals surface area contributed by atoms with Crippen LogP contribution in [0.15, 0.2) is 0 Å². The van der Waals surface area contributed by atoms with Crippen molar-refractivity contribution in [2.75, 3.05) is 19.8 Å². The highest BCUT2D eigenvalue weighted by molar-refractivity contribution is 5.79. The Morgan fingerprint density at radius 1 is 1.19 bits per heavy atom. The average Bonchev–Trinajstić information content (AvgIpc) is 2.22. The summed E-state index contributed by atoms with van der Waals surface area (Å²) in [5, 5.41) is 24.0. The van der Waals surface area contributed by atoms with Crippen molar-refractivity contribution >= 4 is 5.91 Å². The fraction of sp³-hybridized carbons (Fsp3) is 0.909. The van der Waals surface area contributed by atoms with E-state index < -0.39 is 5.54 Å². The first-order valence-corrected chi connectivity index (χ1v) is 5.56. The molecule has 0 spiro atoms. The van der Waals surface area contributed by atoms with Crippen molar-refractivity contribution in [3.05, 3.63) is 0 Å². The van der Waals surface area contributed by atoms with E-state index in [2.05, 4.69) is 10.6 Å². The number of hydrogen-bond acceptors (Lipinski definition) is 4. The van der Waals surface area contributed by atoms with E-state index in [1.165, 1.54) is 0 Å². The van der Waals surface area contributed by atoms with E-state index in [4.69, 9.17) is 10.2 Å². The zero-order valence-corrected chi connectivity index (χ0v) is 10.6. The molecule has 96 valence electrons. The average molecular weight is 232 g/mol. The van der Waals surface area contributed by atoms with Crippen LogP contribution in [0.25, 0.3) is 0 Å². The van der Waals surface area contributed by atoms with Crippen LogP contribution in [0.1, 0.15) is 34.1 Å². The largest absolute Gasteiger partial charge is 0.394 e. The van der Waals surface area contributed by atoms with Crippen molar-refractivity contribution < 1.29 is 15.0 Å². The van der Waals surface area contributed by atoms with Crippen LogP contribution in [-0.4, -0.2) is 47.0 Å². The minimum atomic E-state index is -0.906. The van der Waals surface area contributed by atoms with Gasteiger partial charge in [0.15, 0.2) is 0 Å². The molecule has 0 saturated carbocycles. The molecule has 0 fully saturated rings. The standard InChI is InChI=1S/C11H24N2O3/c1-5-11(7-14,8-15)13-9(16)6-12-10(2,3)4/h12,14-15H,5-8H2,1-4H3,(H,13,16). The van der Waals surface area contributed by atoms with E-state index in [-0.39, 0.29) is 31.2 Å². The maximum Gasteiger partial charge on any atom is 0.234 e. The molecule has 0 rings (SSSR count). The number of aliphatic hydroxyl groups excluding tert-OH is 2. The van der Waals surface area contributed by atoms with Crippen LogP contribution in [0.2, 0.25) is 0 Å². The third-order valence-corrected chi connectivity index (χ3v) is 2.47. The van der Waals surface area contributed by atoms with Crippen LogP contribution in [0.5, 0.6) is 0 Å². The number of hydrogen-bond donors (Lipinski definition) is 4. The molecule has 16 heavy (non-hydrogen) atoms. The first-order chi connectivity index (χ1) is 7.28. The SMILES string of the molecule is CCC(CO)(CO)NC(=O)CNC(C)(C)C. The van der Waals surface area contributed by atoms with Crippen molar-refractivity contribution in [2.24, 2.45) is 0 Å². The Bertz CT molecular complexity index is 211. The summed E-state index contributed by atoms with van der Waals surface area (Å²) in [6, 6.07) is 0. The molecule has 5 nitrogen and oxygen atoms in total. The van der Waals surface area contributed by atoms with Crippen molar-refractivity contribution in [2.45, 2.75) is 45.2 Å². The smallest absolute Gasteiger partial charge is 0.234 e. The summed E-state index contributed by atoms with van der Waals surface area (Å²) in [6.07, 6.45) is 0.487. The molecule has 0 unspecified atom stereocenters. The van der Waals surface area contributed by atoms with Gasteiger partial charge in [-0.15, -0.1) is 0 Å². The Hall–Kier alpha value is -0.650. The minimum absolute atomic E-state index is 0.134. The number of nitrogens with one attached hydrogen (secondary N) is 2. The van der Waals surface area contributed by atoms with E-state index in [1.54, 1.807) is 0 Å². The van der Waals surface area contributed by atoms with Crippen molar-refractivity contribution in [3.63, 3.8) is 0 Å². The van der Waals surface area contributed by atoms with Gasteiger partial charge in [0.25, 0.3) is 0 Å². The fourth-order valence-corrected chi connectivity index (χ4v) is 1.13. The summed E-state index contributed by atoms with van der Waals surface area (Å²) in [6.45, 7) is 7.35. The first kappa shape index (κ1) is 15.3. The molecule has 0 aliphatic carbocycles. The summed E-state index contributed by atoms with van der Waals surface area (Å²) < 4.78 is 0. The molecule has 0 heterocycles. The molecule has 0 bridgehead atoms. The lowest BCUT2D eigenvalue weighted by Gasteiger charge is -2.30. The molecule has 0 aromatic heterocycles. The fourth-order valence-electron chi connectivity index (χ4n) is 1.13. The summed E-state index contributed by atoms with van der Waals surface area (Å²) in [7, 11) is 0. The Morgan fingerprint density at radius 2 is 1.69 bits per heavy atom. The Morgan fingerprint density at radius 3 is 2.00 bits per heavy atom. The summed E-state index contributed by atoms with van der Waals surface area (Å²) in [5.74, 6) is -0.222. The van der Waals surface area contributed by atoms with Gasteiger partial charge in [0.1, 0.15) is 0 Å². The lowest BCUT2D eigenvalue weighted by atomic mass is 9.98. The predicted molar refractivity (Wildman–Crippen MR) is 63.1 cm³/mol. The second-order valence-electron chi connectivity index (χ2n) is 5.10.